The number of amides is 1. The lowest BCUT2D eigenvalue weighted by Crippen LogP contribution is -2.48. The van der Waals surface area contributed by atoms with E-state index < -0.39 is 29.4 Å². The molecule has 0 unspecified atom stereocenters. The summed E-state index contributed by atoms with van der Waals surface area (Å²) in [5, 5.41) is 3.29. The molecular weight excluding hydrogens is 459 g/mol. The number of para-hydroxylation sites is 1. The second-order valence-corrected chi connectivity index (χ2v) is 9.44. The number of rotatable bonds is 7. The van der Waals surface area contributed by atoms with Crippen LogP contribution >= 0.6 is 0 Å². The third kappa shape index (κ3) is 5.24. The SMILES string of the molecule is CNC(=O)OCCOc1cc(F)c([C@@H]2c3[nH]c4ccccc4c3C[C@@H](C)N2CC(C)(C)F)c(F)c1. The Morgan fingerprint density at radius 1 is 1.20 bits per heavy atom. The van der Waals surface area contributed by atoms with Crippen LogP contribution in [0.3, 0.4) is 0 Å². The summed E-state index contributed by atoms with van der Waals surface area (Å²) in [6.07, 6.45) is -0.000405. The van der Waals surface area contributed by atoms with Crippen LogP contribution in [0.4, 0.5) is 18.0 Å². The molecule has 1 aromatic heterocycles. The summed E-state index contributed by atoms with van der Waals surface area (Å²) in [6.45, 7) is 4.72. The van der Waals surface area contributed by atoms with Crippen molar-refractivity contribution in [1.82, 2.24) is 15.2 Å². The van der Waals surface area contributed by atoms with Gasteiger partial charge in [0.1, 0.15) is 36.3 Å². The average Bonchev–Trinajstić information content (AvgIpc) is 3.15. The number of hydrogen-bond donors (Lipinski definition) is 2. The van der Waals surface area contributed by atoms with E-state index >= 15 is 8.78 Å². The van der Waals surface area contributed by atoms with E-state index in [1.807, 2.05) is 36.1 Å². The Labute approximate surface area is 202 Å². The first kappa shape index (κ1) is 24.9. The topological polar surface area (TPSA) is 66.6 Å². The van der Waals surface area contributed by atoms with Crippen LogP contribution in [-0.4, -0.2) is 54.5 Å². The highest BCUT2D eigenvalue weighted by molar-refractivity contribution is 5.85. The van der Waals surface area contributed by atoms with Crippen molar-refractivity contribution in [2.75, 3.05) is 26.8 Å². The number of hydrogen-bond acceptors (Lipinski definition) is 4. The largest absolute Gasteiger partial charge is 0.490 e. The Bertz CT molecular complexity index is 1200. The predicted octanol–water partition coefficient (Wildman–Crippen LogP) is 5.27. The standard InChI is InChI=1S/C26H30F3N3O3/c1-15-11-18-17-7-5-6-8-21(17)31-23(18)24(32(15)14-26(2,3)29)22-19(27)12-16(13-20(22)28)34-9-10-35-25(33)30-4/h5-8,12-13,15,24,31H,9-11,14H2,1-4H3,(H,30,33)/t15-,24-/m1/s1. The molecule has 35 heavy (non-hydrogen) atoms. The number of benzene rings is 2. The number of nitrogens with one attached hydrogen (secondary N) is 2. The van der Waals surface area contributed by atoms with Gasteiger partial charge in [-0.25, -0.2) is 18.0 Å². The lowest BCUT2D eigenvalue weighted by atomic mass is 9.87. The summed E-state index contributed by atoms with van der Waals surface area (Å²) in [5.74, 6) is -1.61. The van der Waals surface area contributed by atoms with Crippen molar-refractivity contribution < 1.29 is 27.4 Å². The molecule has 4 rings (SSSR count). The summed E-state index contributed by atoms with van der Waals surface area (Å²) in [4.78, 5) is 16.3. The second kappa shape index (κ2) is 9.81. The van der Waals surface area contributed by atoms with E-state index in [-0.39, 0.29) is 37.1 Å². The molecule has 2 aromatic carbocycles. The Hall–Kier alpha value is -3.20. The zero-order valence-electron chi connectivity index (χ0n) is 20.3. The van der Waals surface area contributed by atoms with Gasteiger partial charge in [0, 0.05) is 53.9 Å². The molecule has 0 fully saturated rings. The number of carbonyl (C=O) groups is 1. The highest BCUT2D eigenvalue weighted by Gasteiger charge is 2.41. The Morgan fingerprint density at radius 2 is 1.89 bits per heavy atom. The van der Waals surface area contributed by atoms with Gasteiger partial charge >= 0.3 is 6.09 Å². The summed E-state index contributed by atoms with van der Waals surface area (Å²) >= 11 is 0. The Kier molecular flexibility index (Phi) is 6.98. The van der Waals surface area contributed by atoms with Gasteiger partial charge in [-0.2, -0.15) is 0 Å². The third-order valence-electron chi connectivity index (χ3n) is 6.19. The van der Waals surface area contributed by atoms with Crippen LogP contribution in [0, 0.1) is 11.6 Å². The van der Waals surface area contributed by atoms with E-state index in [1.54, 1.807) is 0 Å². The van der Waals surface area contributed by atoms with Crippen LogP contribution in [0.25, 0.3) is 10.9 Å². The molecule has 0 saturated carbocycles. The third-order valence-corrected chi connectivity index (χ3v) is 6.19. The monoisotopic (exact) mass is 489 g/mol. The van der Waals surface area contributed by atoms with E-state index in [0.717, 1.165) is 28.6 Å². The molecule has 2 atom stereocenters. The van der Waals surface area contributed by atoms with E-state index in [1.165, 1.54) is 20.9 Å². The molecule has 0 aliphatic carbocycles. The second-order valence-electron chi connectivity index (χ2n) is 9.44. The van der Waals surface area contributed by atoms with Gasteiger partial charge in [0.05, 0.1) is 6.04 Å². The molecule has 1 aliphatic heterocycles. The summed E-state index contributed by atoms with van der Waals surface area (Å²) in [5.41, 5.74) is 0.780. The molecular formula is C26H30F3N3O3. The van der Waals surface area contributed by atoms with Crippen LogP contribution in [0.2, 0.25) is 0 Å². The van der Waals surface area contributed by atoms with Crippen molar-refractivity contribution in [2.24, 2.45) is 0 Å². The highest BCUT2D eigenvalue weighted by atomic mass is 19.1. The lowest BCUT2D eigenvalue weighted by molar-refractivity contribution is 0.0642. The lowest BCUT2D eigenvalue weighted by Gasteiger charge is -2.43. The predicted molar refractivity (Wildman–Crippen MR) is 127 cm³/mol. The van der Waals surface area contributed by atoms with Crippen molar-refractivity contribution in [3.8, 4) is 5.75 Å². The summed E-state index contributed by atoms with van der Waals surface area (Å²) in [7, 11) is 1.42. The van der Waals surface area contributed by atoms with E-state index in [0.29, 0.717) is 12.1 Å². The van der Waals surface area contributed by atoms with Crippen molar-refractivity contribution in [2.45, 2.75) is 44.9 Å². The van der Waals surface area contributed by atoms with E-state index in [2.05, 4.69) is 10.3 Å². The molecule has 1 amide bonds. The normalized spacial score (nSPS) is 18.4. The molecule has 0 spiro atoms. The van der Waals surface area contributed by atoms with Gasteiger partial charge in [-0.1, -0.05) is 18.2 Å². The summed E-state index contributed by atoms with van der Waals surface area (Å²) in [6, 6.07) is 8.94. The van der Waals surface area contributed by atoms with Crippen molar-refractivity contribution >= 4 is 17.0 Å². The van der Waals surface area contributed by atoms with Gasteiger partial charge in [0.2, 0.25) is 0 Å². The number of alkyl halides is 1. The number of aromatic nitrogens is 1. The van der Waals surface area contributed by atoms with Crippen molar-refractivity contribution in [1.29, 1.82) is 0 Å². The molecule has 9 heteroatoms. The minimum Gasteiger partial charge on any atom is -0.490 e. The zero-order chi connectivity index (χ0) is 25.3. The number of H-pyrrole nitrogens is 1. The number of ether oxygens (including phenoxy) is 2. The molecule has 2 N–H and O–H groups in total. The van der Waals surface area contributed by atoms with Gasteiger partial charge in [0.25, 0.3) is 0 Å². The van der Waals surface area contributed by atoms with Crippen LogP contribution in [-0.2, 0) is 11.2 Å². The fourth-order valence-corrected chi connectivity index (χ4v) is 4.77. The quantitative estimate of drug-likeness (QED) is 0.444. The number of halogens is 3. The van der Waals surface area contributed by atoms with Crippen LogP contribution in [0.1, 0.15) is 43.6 Å². The highest BCUT2D eigenvalue weighted by Crippen LogP contribution is 2.43. The Balaban J connectivity index is 1.73. The number of nitrogens with zero attached hydrogens (tertiary/aromatic N) is 1. The first-order valence-electron chi connectivity index (χ1n) is 11.6. The molecule has 6 nitrogen and oxygen atoms in total. The maximum Gasteiger partial charge on any atom is 0.406 e. The smallest absolute Gasteiger partial charge is 0.406 e. The summed E-state index contributed by atoms with van der Waals surface area (Å²) < 4.78 is 56.1. The molecule has 0 bridgehead atoms. The molecule has 0 radical (unpaired) electrons. The van der Waals surface area contributed by atoms with Gasteiger partial charge in [-0.15, -0.1) is 0 Å². The van der Waals surface area contributed by atoms with Gasteiger partial charge in [-0.05, 0) is 38.8 Å². The maximum absolute atomic E-state index is 15.5. The van der Waals surface area contributed by atoms with Crippen LogP contribution in [0.15, 0.2) is 36.4 Å². The number of fused-ring (bicyclic) bond motifs is 3. The fraction of sp³-hybridized carbons (Fsp3) is 0.423. The van der Waals surface area contributed by atoms with Crippen LogP contribution in [0.5, 0.6) is 5.75 Å². The fourth-order valence-electron chi connectivity index (χ4n) is 4.77. The first-order valence-corrected chi connectivity index (χ1v) is 11.6. The van der Waals surface area contributed by atoms with Gasteiger partial charge in [-0.3, -0.25) is 4.90 Å². The van der Waals surface area contributed by atoms with E-state index in [9.17, 15) is 9.18 Å². The minimum absolute atomic E-state index is 0.00159. The molecule has 188 valence electrons. The number of carbonyl (C=O) groups excluding carboxylic acids is 1. The zero-order valence-corrected chi connectivity index (χ0v) is 20.3. The Morgan fingerprint density at radius 3 is 2.54 bits per heavy atom. The van der Waals surface area contributed by atoms with Crippen molar-refractivity contribution in [3.63, 3.8) is 0 Å². The average molecular weight is 490 g/mol. The first-order chi connectivity index (χ1) is 16.6. The molecule has 2 heterocycles. The van der Waals surface area contributed by atoms with Crippen LogP contribution < -0.4 is 10.1 Å². The number of aromatic amines is 1. The molecule has 0 saturated heterocycles. The molecule has 3 aromatic rings. The van der Waals surface area contributed by atoms with Gasteiger partial charge in [0.15, 0.2) is 0 Å². The maximum atomic E-state index is 15.5. The minimum atomic E-state index is -1.57. The van der Waals surface area contributed by atoms with Gasteiger partial charge < -0.3 is 19.8 Å². The van der Waals surface area contributed by atoms with Crippen molar-refractivity contribution in [3.05, 3.63) is 64.9 Å². The molecule has 1 aliphatic rings. The van der Waals surface area contributed by atoms with E-state index in [4.69, 9.17) is 9.47 Å². The number of alkyl carbamates (subject to hydrolysis) is 1.